The van der Waals surface area contributed by atoms with Crippen LogP contribution in [0.25, 0.3) is 10.9 Å². The zero-order valence-electron chi connectivity index (χ0n) is 19.9. The van der Waals surface area contributed by atoms with Gasteiger partial charge in [0.15, 0.2) is 5.16 Å². The molecule has 0 atom stereocenters. The number of anilines is 1. The summed E-state index contributed by atoms with van der Waals surface area (Å²) in [6, 6.07) is 11.3. The first-order chi connectivity index (χ1) is 17.2. The number of rotatable bonds is 8. The number of carbonyl (C=O) groups is 1. The van der Waals surface area contributed by atoms with Crippen molar-refractivity contribution in [3.05, 3.63) is 57.8 Å². The summed E-state index contributed by atoms with van der Waals surface area (Å²) in [6.07, 6.45) is 0. The Morgan fingerprint density at radius 1 is 1.19 bits per heavy atom. The van der Waals surface area contributed by atoms with Gasteiger partial charge in [0.25, 0.3) is 5.56 Å². The molecule has 4 rings (SSSR count). The molecule has 9 nitrogen and oxygen atoms in total. The van der Waals surface area contributed by atoms with Crippen molar-refractivity contribution in [2.45, 2.75) is 30.4 Å². The van der Waals surface area contributed by atoms with E-state index in [-0.39, 0.29) is 45.9 Å². The van der Waals surface area contributed by atoms with E-state index in [4.69, 9.17) is 16.3 Å². The highest BCUT2D eigenvalue weighted by molar-refractivity contribution is 7.99. The molecule has 1 aromatic heterocycles. The first-order valence-corrected chi connectivity index (χ1v) is 14.3. The van der Waals surface area contributed by atoms with Gasteiger partial charge in [-0.3, -0.25) is 14.2 Å². The molecule has 3 aromatic rings. The van der Waals surface area contributed by atoms with E-state index < -0.39 is 15.9 Å². The van der Waals surface area contributed by atoms with Crippen LogP contribution in [0.15, 0.2) is 57.3 Å². The molecule has 1 aliphatic rings. The summed E-state index contributed by atoms with van der Waals surface area (Å²) in [6.45, 7) is 5.66. The molecule has 2 heterocycles. The summed E-state index contributed by atoms with van der Waals surface area (Å²) in [7, 11) is -3.74. The number of ether oxygens (including phenoxy) is 1. The Kier molecular flexibility index (Phi) is 8.36. The van der Waals surface area contributed by atoms with Crippen LogP contribution in [0.3, 0.4) is 0 Å². The second-order valence-electron chi connectivity index (χ2n) is 8.72. The zero-order valence-corrected chi connectivity index (χ0v) is 22.3. The van der Waals surface area contributed by atoms with Gasteiger partial charge in [-0.1, -0.05) is 49.3 Å². The fourth-order valence-electron chi connectivity index (χ4n) is 3.80. The van der Waals surface area contributed by atoms with Crippen LogP contribution in [0.2, 0.25) is 5.02 Å². The molecular formula is C24H27ClN4O5S2. The quantitative estimate of drug-likeness (QED) is 0.338. The Bertz CT molecular complexity index is 1440. The second kappa shape index (κ2) is 11.3. The van der Waals surface area contributed by atoms with E-state index in [9.17, 15) is 18.0 Å². The lowest BCUT2D eigenvalue weighted by Gasteiger charge is -2.26. The molecule has 0 unspecified atom stereocenters. The number of hydrogen-bond donors (Lipinski definition) is 1. The Balaban J connectivity index is 1.53. The Labute approximate surface area is 218 Å². The first kappa shape index (κ1) is 26.6. The summed E-state index contributed by atoms with van der Waals surface area (Å²) in [5, 5.41) is 3.88. The van der Waals surface area contributed by atoms with Gasteiger partial charge < -0.3 is 10.1 Å². The van der Waals surface area contributed by atoms with Gasteiger partial charge >= 0.3 is 0 Å². The third-order valence-electron chi connectivity index (χ3n) is 5.53. The van der Waals surface area contributed by atoms with Crippen LogP contribution in [0.5, 0.6) is 0 Å². The van der Waals surface area contributed by atoms with Gasteiger partial charge in [-0.25, -0.2) is 13.4 Å². The fraction of sp³-hybridized carbons (Fsp3) is 0.375. The highest BCUT2D eigenvalue weighted by Crippen LogP contribution is 2.28. The lowest BCUT2D eigenvalue weighted by Crippen LogP contribution is -2.40. The molecule has 1 aliphatic heterocycles. The van der Waals surface area contributed by atoms with E-state index in [1.165, 1.54) is 22.5 Å². The molecule has 0 radical (unpaired) electrons. The van der Waals surface area contributed by atoms with Crippen molar-refractivity contribution in [3.63, 3.8) is 0 Å². The van der Waals surface area contributed by atoms with Crippen molar-refractivity contribution in [1.82, 2.24) is 13.9 Å². The molecule has 1 saturated heterocycles. The van der Waals surface area contributed by atoms with E-state index in [2.05, 4.69) is 10.3 Å². The van der Waals surface area contributed by atoms with Gasteiger partial charge in [0.05, 0.1) is 45.5 Å². The fourth-order valence-corrected chi connectivity index (χ4v) is 6.21. The minimum atomic E-state index is -3.74. The van der Waals surface area contributed by atoms with Gasteiger partial charge in [-0.05, 0) is 36.2 Å². The van der Waals surface area contributed by atoms with Crippen LogP contribution in [0, 0.1) is 5.92 Å². The monoisotopic (exact) mass is 550 g/mol. The van der Waals surface area contributed by atoms with Crippen LogP contribution >= 0.6 is 23.4 Å². The molecule has 12 heteroatoms. The van der Waals surface area contributed by atoms with Crippen molar-refractivity contribution in [2.24, 2.45) is 5.92 Å². The van der Waals surface area contributed by atoms with Crippen LogP contribution in [0.1, 0.15) is 13.8 Å². The van der Waals surface area contributed by atoms with E-state index in [0.29, 0.717) is 35.8 Å². The predicted molar refractivity (Wildman–Crippen MR) is 141 cm³/mol. The summed E-state index contributed by atoms with van der Waals surface area (Å²) >= 11 is 7.39. The van der Waals surface area contributed by atoms with Gasteiger partial charge in [0, 0.05) is 19.6 Å². The van der Waals surface area contributed by atoms with Crippen LogP contribution < -0.4 is 10.9 Å². The van der Waals surface area contributed by atoms with E-state index in [1.807, 2.05) is 19.9 Å². The van der Waals surface area contributed by atoms with Crippen molar-refractivity contribution in [1.29, 1.82) is 0 Å². The van der Waals surface area contributed by atoms with Gasteiger partial charge in [-0.15, -0.1) is 0 Å². The van der Waals surface area contributed by atoms with Gasteiger partial charge in [0.2, 0.25) is 15.9 Å². The van der Waals surface area contributed by atoms with E-state index >= 15 is 0 Å². The number of para-hydroxylation sites is 1. The number of sulfonamides is 1. The molecule has 0 saturated carbocycles. The SMILES string of the molecule is CC(C)Cn1c(SCC(=O)Nc2cc(S(=O)(=O)N3CCOCC3)ccc2Cl)nc2ccccc2c1=O. The number of morpholine rings is 1. The van der Waals surface area contributed by atoms with Crippen LogP contribution in [-0.4, -0.2) is 60.2 Å². The molecule has 0 bridgehead atoms. The summed E-state index contributed by atoms with van der Waals surface area (Å²) in [5.74, 6) is -0.241. The Morgan fingerprint density at radius 2 is 1.92 bits per heavy atom. The number of nitrogens with zero attached hydrogens (tertiary/aromatic N) is 3. The summed E-state index contributed by atoms with van der Waals surface area (Å²) in [5.41, 5.74) is 0.610. The number of fused-ring (bicyclic) bond motifs is 1. The summed E-state index contributed by atoms with van der Waals surface area (Å²) in [4.78, 5) is 30.5. The van der Waals surface area contributed by atoms with Gasteiger partial charge in [0.1, 0.15) is 0 Å². The normalized spacial score (nSPS) is 14.9. The molecule has 0 spiro atoms. The topological polar surface area (TPSA) is 111 Å². The van der Waals surface area contributed by atoms with Crippen LogP contribution in [-0.2, 0) is 26.1 Å². The number of amides is 1. The third-order valence-corrected chi connectivity index (χ3v) is 8.73. The molecule has 0 aliphatic carbocycles. The van der Waals surface area contributed by atoms with Crippen molar-refractivity contribution < 1.29 is 17.9 Å². The lowest BCUT2D eigenvalue weighted by molar-refractivity contribution is -0.113. The number of aromatic nitrogens is 2. The number of hydrogen-bond acceptors (Lipinski definition) is 7. The Hall–Kier alpha value is -2.44. The molecule has 1 fully saturated rings. The van der Waals surface area contributed by atoms with Gasteiger partial charge in [-0.2, -0.15) is 4.31 Å². The number of halogens is 1. The Morgan fingerprint density at radius 3 is 2.64 bits per heavy atom. The minimum absolute atomic E-state index is 0.0405. The molecule has 1 amide bonds. The average Bonchev–Trinajstić information content (AvgIpc) is 2.86. The smallest absolute Gasteiger partial charge is 0.262 e. The van der Waals surface area contributed by atoms with Crippen molar-refractivity contribution in [2.75, 3.05) is 37.4 Å². The standard InChI is InChI=1S/C24H27ClN4O5S2/c1-16(2)14-29-23(31)18-5-3-4-6-20(18)27-24(29)35-15-22(30)26-21-13-17(7-8-19(21)25)36(32,33)28-9-11-34-12-10-28/h3-8,13,16H,9-12,14-15H2,1-2H3,(H,26,30). The lowest BCUT2D eigenvalue weighted by atomic mass is 10.2. The number of nitrogens with one attached hydrogen (secondary N) is 1. The highest BCUT2D eigenvalue weighted by atomic mass is 35.5. The second-order valence-corrected chi connectivity index (χ2v) is 12.0. The van der Waals surface area contributed by atoms with E-state index in [0.717, 1.165) is 11.8 Å². The summed E-state index contributed by atoms with van der Waals surface area (Å²) < 4.78 is 34.1. The maximum Gasteiger partial charge on any atom is 0.262 e. The number of benzene rings is 2. The number of carbonyl (C=O) groups excluding carboxylic acids is 1. The predicted octanol–water partition coefficient (Wildman–Crippen LogP) is 3.46. The van der Waals surface area contributed by atoms with E-state index in [1.54, 1.807) is 22.8 Å². The highest BCUT2D eigenvalue weighted by Gasteiger charge is 2.27. The zero-order chi connectivity index (χ0) is 25.9. The molecule has 1 N–H and O–H groups in total. The molecular weight excluding hydrogens is 524 g/mol. The van der Waals surface area contributed by atoms with Crippen LogP contribution in [0.4, 0.5) is 5.69 Å². The maximum atomic E-state index is 13.1. The first-order valence-electron chi connectivity index (χ1n) is 11.5. The third kappa shape index (κ3) is 5.92. The van der Waals surface area contributed by atoms with Crippen molar-refractivity contribution in [3.8, 4) is 0 Å². The molecule has 2 aromatic carbocycles. The largest absolute Gasteiger partial charge is 0.379 e. The maximum absolute atomic E-state index is 13.1. The minimum Gasteiger partial charge on any atom is -0.379 e. The number of thioether (sulfide) groups is 1. The molecule has 192 valence electrons. The van der Waals surface area contributed by atoms with Crippen molar-refractivity contribution >= 4 is 55.9 Å². The molecule has 36 heavy (non-hydrogen) atoms. The average molecular weight is 551 g/mol.